The van der Waals surface area contributed by atoms with E-state index in [-0.39, 0.29) is 11.8 Å². The molecule has 0 bridgehead atoms. The molecule has 2 amide bonds. The second-order valence-corrected chi connectivity index (χ2v) is 6.20. The van der Waals surface area contributed by atoms with Gasteiger partial charge in [-0.15, -0.1) is 11.3 Å². The number of amides is 2. The van der Waals surface area contributed by atoms with Crippen LogP contribution in [0.3, 0.4) is 0 Å². The number of nitrogens with two attached hydrogens (primary N) is 1. The van der Waals surface area contributed by atoms with E-state index in [4.69, 9.17) is 5.73 Å². The number of hydrogen-bond donors (Lipinski definition) is 2. The zero-order valence-corrected chi connectivity index (χ0v) is 13.0. The van der Waals surface area contributed by atoms with Crippen LogP contribution in [0.25, 0.3) is 10.2 Å². The van der Waals surface area contributed by atoms with Crippen LogP contribution in [-0.2, 0) is 11.8 Å². The van der Waals surface area contributed by atoms with Crippen LogP contribution in [0.2, 0.25) is 0 Å². The predicted octanol–water partition coefficient (Wildman–Crippen LogP) is 0.486. The molecule has 21 heavy (non-hydrogen) atoms. The van der Waals surface area contributed by atoms with Crippen LogP contribution in [0.15, 0.2) is 0 Å². The number of rotatable bonds is 1. The lowest BCUT2D eigenvalue weighted by Gasteiger charge is -2.32. The molecule has 0 aromatic carbocycles. The number of aromatic nitrogens is 2. The minimum Gasteiger partial charge on any atom is -0.397 e. The Bertz CT molecular complexity index is 747. The maximum Gasteiger partial charge on any atom is 0.266 e. The average molecular weight is 307 g/mol. The van der Waals surface area contributed by atoms with E-state index >= 15 is 0 Å². The molecule has 1 aliphatic rings. The second-order valence-electron chi connectivity index (χ2n) is 5.20. The molecular formula is C13H17N5O2S. The van der Waals surface area contributed by atoms with Gasteiger partial charge in [0.05, 0.1) is 16.8 Å². The molecule has 1 saturated heterocycles. The quantitative estimate of drug-likeness (QED) is 0.801. The van der Waals surface area contributed by atoms with Crippen molar-refractivity contribution in [1.29, 1.82) is 0 Å². The molecule has 0 saturated carbocycles. The lowest BCUT2D eigenvalue weighted by molar-refractivity contribution is -0.127. The van der Waals surface area contributed by atoms with Crippen LogP contribution in [0.4, 0.5) is 5.69 Å². The van der Waals surface area contributed by atoms with Crippen molar-refractivity contribution < 1.29 is 9.59 Å². The van der Waals surface area contributed by atoms with Gasteiger partial charge < -0.3 is 16.0 Å². The van der Waals surface area contributed by atoms with Crippen LogP contribution in [0.5, 0.6) is 0 Å². The van der Waals surface area contributed by atoms with Gasteiger partial charge in [-0.3, -0.25) is 14.3 Å². The zero-order chi connectivity index (χ0) is 15.3. The van der Waals surface area contributed by atoms with Crippen molar-refractivity contribution in [2.45, 2.75) is 19.9 Å². The highest BCUT2D eigenvalue weighted by Crippen LogP contribution is 2.36. The number of carbonyl (C=O) groups is 2. The fraction of sp³-hybridized carbons (Fsp3) is 0.462. The summed E-state index contributed by atoms with van der Waals surface area (Å²) in [5.74, 6) is -0.317. The molecule has 1 unspecified atom stereocenters. The fourth-order valence-corrected chi connectivity index (χ4v) is 3.82. The number of hydrogen-bond acceptors (Lipinski definition) is 5. The SMILES string of the molecule is Cc1nn(C)c2sc(C(=O)N3CCNC(=O)C3C)c(N)c12. The summed E-state index contributed by atoms with van der Waals surface area (Å²) >= 11 is 1.33. The van der Waals surface area contributed by atoms with Crippen LogP contribution in [-0.4, -0.2) is 45.6 Å². The Morgan fingerprint density at radius 3 is 2.90 bits per heavy atom. The second kappa shape index (κ2) is 4.73. The van der Waals surface area contributed by atoms with E-state index < -0.39 is 6.04 Å². The molecule has 0 radical (unpaired) electrons. The Labute approximate surface area is 125 Å². The molecule has 1 aliphatic heterocycles. The van der Waals surface area contributed by atoms with Gasteiger partial charge >= 0.3 is 0 Å². The highest BCUT2D eigenvalue weighted by molar-refractivity contribution is 7.21. The first-order valence-electron chi connectivity index (χ1n) is 6.72. The van der Waals surface area contributed by atoms with Crippen molar-refractivity contribution in [3.8, 4) is 0 Å². The number of nitrogens with one attached hydrogen (secondary N) is 1. The normalized spacial score (nSPS) is 19.1. The highest BCUT2D eigenvalue weighted by Gasteiger charge is 2.32. The summed E-state index contributed by atoms with van der Waals surface area (Å²) in [6.45, 7) is 4.57. The number of carbonyl (C=O) groups excluding carboxylic acids is 2. The van der Waals surface area contributed by atoms with E-state index in [2.05, 4.69) is 10.4 Å². The molecule has 3 heterocycles. The summed E-state index contributed by atoms with van der Waals surface area (Å²) in [7, 11) is 1.83. The third-order valence-electron chi connectivity index (χ3n) is 3.84. The Morgan fingerprint density at radius 1 is 1.52 bits per heavy atom. The van der Waals surface area contributed by atoms with Gasteiger partial charge in [-0.05, 0) is 13.8 Å². The lowest BCUT2D eigenvalue weighted by atomic mass is 10.2. The first-order valence-corrected chi connectivity index (χ1v) is 7.53. The summed E-state index contributed by atoms with van der Waals surface area (Å²) in [5.41, 5.74) is 7.42. The Hall–Kier alpha value is -2.09. The molecule has 0 spiro atoms. The van der Waals surface area contributed by atoms with Gasteiger partial charge in [0.1, 0.15) is 15.7 Å². The van der Waals surface area contributed by atoms with Crippen LogP contribution in [0, 0.1) is 6.92 Å². The molecule has 7 nitrogen and oxygen atoms in total. The molecule has 3 rings (SSSR count). The number of thiophene rings is 1. The molecular weight excluding hydrogens is 290 g/mol. The van der Waals surface area contributed by atoms with E-state index in [0.29, 0.717) is 23.7 Å². The summed E-state index contributed by atoms with van der Waals surface area (Å²) in [4.78, 5) is 27.4. The smallest absolute Gasteiger partial charge is 0.266 e. The van der Waals surface area contributed by atoms with Gasteiger partial charge in [0, 0.05) is 20.1 Å². The van der Waals surface area contributed by atoms with Gasteiger partial charge in [0.25, 0.3) is 5.91 Å². The van der Waals surface area contributed by atoms with Crippen LogP contribution in [0.1, 0.15) is 22.3 Å². The number of aryl methyl sites for hydroxylation is 2. The largest absolute Gasteiger partial charge is 0.397 e. The molecule has 2 aromatic heterocycles. The number of piperazine rings is 1. The van der Waals surface area contributed by atoms with E-state index in [0.717, 1.165) is 15.9 Å². The van der Waals surface area contributed by atoms with E-state index in [1.807, 2.05) is 14.0 Å². The fourth-order valence-electron chi connectivity index (χ4n) is 2.68. The van der Waals surface area contributed by atoms with Crippen LogP contribution >= 0.6 is 11.3 Å². The number of nitrogen functional groups attached to an aromatic ring is 1. The van der Waals surface area contributed by atoms with Crippen molar-refractivity contribution in [2.75, 3.05) is 18.8 Å². The first-order chi connectivity index (χ1) is 9.91. The third-order valence-corrected chi connectivity index (χ3v) is 5.10. The summed E-state index contributed by atoms with van der Waals surface area (Å²) < 4.78 is 1.73. The minimum absolute atomic E-state index is 0.132. The van der Waals surface area contributed by atoms with Crippen molar-refractivity contribution in [3.63, 3.8) is 0 Å². The Morgan fingerprint density at radius 2 is 2.24 bits per heavy atom. The number of nitrogens with zero attached hydrogens (tertiary/aromatic N) is 3. The topological polar surface area (TPSA) is 93.2 Å². The maximum atomic E-state index is 12.7. The van der Waals surface area contributed by atoms with Gasteiger partial charge in [-0.25, -0.2) is 0 Å². The van der Waals surface area contributed by atoms with Crippen molar-refractivity contribution in [1.82, 2.24) is 20.0 Å². The van der Waals surface area contributed by atoms with Gasteiger partial charge in [0.15, 0.2) is 0 Å². The van der Waals surface area contributed by atoms with E-state index in [9.17, 15) is 9.59 Å². The molecule has 1 fully saturated rings. The van der Waals surface area contributed by atoms with Gasteiger partial charge in [-0.1, -0.05) is 0 Å². The van der Waals surface area contributed by atoms with Crippen molar-refractivity contribution >= 4 is 39.1 Å². The zero-order valence-electron chi connectivity index (χ0n) is 12.1. The summed E-state index contributed by atoms with van der Waals surface area (Å²) in [6.07, 6.45) is 0. The Balaban J connectivity index is 2.04. The molecule has 1 atom stereocenters. The first kappa shape index (κ1) is 13.9. The van der Waals surface area contributed by atoms with Gasteiger partial charge in [-0.2, -0.15) is 5.10 Å². The maximum absolute atomic E-state index is 12.7. The molecule has 8 heteroatoms. The summed E-state index contributed by atoms with van der Waals surface area (Å²) in [5, 5.41) is 7.89. The van der Waals surface area contributed by atoms with Crippen molar-refractivity contribution in [3.05, 3.63) is 10.6 Å². The van der Waals surface area contributed by atoms with E-state index in [1.165, 1.54) is 11.3 Å². The molecule has 112 valence electrons. The number of anilines is 1. The highest BCUT2D eigenvalue weighted by atomic mass is 32.1. The number of fused-ring (bicyclic) bond motifs is 1. The van der Waals surface area contributed by atoms with E-state index in [1.54, 1.807) is 16.5 Å². The molecule has 0 aliphatic carbocycles. The third kappa shape index (κ3) is 1.98. The molecule has 3 N–H and O–H groups in total. The van der Waals surface area contributed by atoms with Gasteiger partial charge in [0.2, 0.25) is 5.91 Å². The monoisotopic (exact) mass is 307 g/mol. The van der Waals surface area contributed by atoms with Crippen molar-refractivity contribution in [2.24, 2.45) is 7.05 Å². The minimum atomic E-state index is -0.477. The molecule has 2 aromatic rings. The predicted molar refractivity (Wildman–Crippen MR) is 81.2 cm³/mol. The lowest BCUT2D eigenvalue weighted by Crippen LogP contribution is -2.55. The average Bonchev–Trinajstić information content (AvgIpc) is 2.92. The summed E-state index contributed by atoms with van der Waals surface area (Å²) in [6, 6.07) is -0.477. The Kier molecular flexibility index (Phi) is 3.12. The standard InChI is InChI=1S/C13H17N5O2S/c1-6-8-9(14)10(21-13(8)17(3)16-6)12(20)18-5-4-15-11(19)7(18)2/h7H,4-5,14H2,1-3H3,(H,15,19). The van der Waals surface area contributed by atoms with Crippen LogP contribution < -0.4 is 11.1 Å².